The molecule has 0 aromatic heterocycles. The average Bonchev–Trinajstić information content (AvgIpc) is 2.15. The first kappa shape index (κ1) is 12.9. The molecule has 0 saturated heterocycles. The molecule has 1 rings (SSSR count). The molecule has 0 aliphatic rings. The highest BCUT2D eigenvalue weighted by Gasteiger charge is 2.12. The Morgan fingerprint density at radius 3 is 2.44 bits per heavy atom. The van der Waals surface area contributed by atoms with Crippen LogP contribution in [0.2, 0.25) is 0 Å². The Bertz CT molecular complexity index is 487. The lowest BCUT2D eigenvalue weighted by Gasteiger charge is -2.05. The first-order valence-electron chi connectivity index (χ1n) is 5.14. The summed E-state index contributed by atoms with van der Waals surface area (Å²) in [6.07, 6.45) is 1.58. The number of ketones is 1. The number of hydrogen-bond acceptors (Lipinski definition) is 3. The molecular formula is C12H16O3S. The average molecular weight is 240 g/mol. The van der Waals surface area contributed by atoms with E-state index in [0.717, 1.165) is 6.26 Å². The molecule has 0 saturated carbocycles. The molecule has 1 aromatic rings. The Labute approximate surface area is 96.4 Å². The summed E-state index contributed by atoms with van der Waals surface area (Å²) in [6.45, 7) is 3.91. The van der Waals surface area contributed by atoms with Gasteiger partial charge in [0.25, 0.3) is 0 Å². The normalized spacial score (nSPS) is 11.8. The molecule has 3 nitrogen and oxygen atoms in total. The molecule has 0 atom stereocenters. The minimum Gasteiger partial charge on any atom is -0.294 e. The van der Waals surface area contributed by atoms with Crippen LogP contribution in [0.1, 0.15) is 30.6 Å². The Morgan fingerprint density at radius 1 is 1.31 bits per heavy atom. The van der Waals surface area contributed by atoms with Gasteiger partial charge in [0.15, 0.2) is 15.6 Å². The van der Waals surface area contributed by atoms with Crippen LogP contribution in [-0.2, 0) is 9.84 Å². The van der Waals surface area contributed by atoms with Crippen LogP contribution in [0, 0.1) is 5.92 Å². The Hall–Kier alpha value is -1.16. The van der Waals surface area contributed by atoms with E-state index < -0.39 is 9.84 Å². The number of benzene rings is 1. The molecule has 1 aromatic carbocycles. The minimum atomic E-state index is -3.24. The predicted octanol–water partition coefficient (Wildman–Crippen LogP) is 2.32. The lowest BCUT2D eigenvalue weighted by atomic mass is 10.0. The Morgan fingerprint density at radius 2 is 1.94 bits per heavy atom. The molecule has 0 spiro atoms. The first-order valence-corrected chi connectivity index (χ1v) is 7.03. The highest BCUT2D eigenvalue weighted by atomic mass is 32.2. The van der Waals surface area contributed by atoms with E-state index in [9.17, 15) is 13.2 Å². The van der Waals surface area contributed by atoms with Crippen LogP contribution in [0.5, 0.6) is 0 Å². The van der Waals surface area contributed by atoms with E-state index >= 15 is 0 Å². The lowest BCUT2D eigenvalue weighted by Crippen LogP contribution is -2.05. The number of rotatable bonds is 4. The van der Waals surface area contributed by atoms with Crippen LogP contribution in [0.15, 0.2) is 29.2 Å². The number of carbonyl (C=O) groups is 1. The summed E-state index contributed by atoms with van der Waals surface area (Å²) in [5, 5.41) is 0. The smallest absolute Gasteiger partial charge is 0.175 e. The van der Waals surface area contributed by atoms with Crippen molar-refractivity contribution in [3.05, 3.63) is 29.8 Å². The fraction of sp³-hybridized carbons (Fsp3) is 0.417. The monoisotopic (exact) mass is 240 g/mol. The predicted molar refractivity (Wildman–Crippen MR) is 63.3 cm³/mol. The second kappa shape index (κ2) is 4.78. The van der Waals surface area contributed by atoms with Crippen molar-refractivity contribution < 1.29 is 13.2 Å². The minimum absolute atomic E-state index is 0.0134. The summed E-state index contributed by atoms with van der Waals surface area (Å²) >= 11 is 0. The van der Waals surface area contributed by atoms with Crippen molar-refractivity contribution in [2.45, 2.75) is 25.2 Å². The molecule has 16 heavy (non-hydrogen) atoms. The van der Waals surface area contributed by atoms with E-state index in [2.05, 4.69) is 0 Å². The molecule has 0 aliphatic heterocycles. The number of sulfone groups is 1. The quantitative estimate of drug-likeness (QED) is 0.759. The van der Waals surface area contributed by atoms with Gasteiger partial charge in [0.05, 0.1) is 4.90 Å². The maximum Gasteiger partial charge on any atom is 0.175 e. The van der Waals surface area contributed by atoms with Gasteiger partial charge >= 0.3 is 0 Å². The molecule has 0 heterocycles. The van der Waals surface area contributed by atoms with Crippen LogP contribution in [0.25, 0.3) is 0 Å². The van der Waals surface area contributed by atoms with Crippen molar-refractivity contribution in [2.24, 2.45) is 5.92 Å². The summed E-state index contributed by atoms with van der Waals surface area (Å²) in [4.78, 5) is 11.9. The van der Waals surface area contributed by atoms with E-state index in [0.29, 0.717) is 12.0 Å². The van der Waals surface area contributed by atoms with Crippen LogP contribution < -0.4 is 0 Å². The van der Waals surface area contributed by atoms with E-state index in [1.807, 2.05) is 13.8 Å². The second-order valence-electron chi connectivity index (χ2n) is 4.32. The van der Waals surface area contributed by atoms with E-state index in [4.69, 9.17) is 0 Å². The van der Waals surface area contributed by atoms with E-state index in [-0.39, 0.29) is 16.6 Å². The molecule has 0 amide bonds. The first-order chi connectivity index (χ1) is 7.30. The van der Waals surface area contributed by atoms with Crippen molar-refractivity contribution in [3.8, 4) is 0 Å². The molecule has 88 valence electrons. The molecule has 4 heteroatoms. The van der Waals surface area contributed by atoms with Gasteiger partial charge in [-0.1, -0.05) is 26.0 Å². The maximum absolute atomic E-state index is 11.7. The zero-order valence-corrected chi connectivity index (χ0v) is 10.5. The summed E-state index contributed by atoms with van der Waals surface area (Å²) in [5.41, 5.74) is 0.469. The summed E-state index contributed by atoms with van der Waals surface area (Å²) in [5.74, 6) is 0.259. The van der Waals surface area contributed by atoms with Gasteiger partial charge < -0.3 is 0 Å². The van der Waals surface area contributed by atoms with Gasteiger partial charge in [0, 0.05) is 18.2 Å². The topological polar surface area (TPSA) is 51.2 Å². The Kier molecular flexibility index (Phi) is 3.86. The number of carbonyl (C=O) groups excluding carboxylic acids is 1. The molecule has 0 fully saturated rings. The van der Waals surface area contributed by atoms with Crippen molar-refractivity contribution in [3.63, 3.8) is 0 Å². The van der Waals surface area contributed by atoms with Crippen molar-refractivity contribution >= 4 is 15.6 Å². The molecule has 0 aliphatic carbocycles. The van der Waals surface area contributed by atoms with Gasteiger partial charge in [-0.05, 0) is 18.1 Å². The van der Waals surface area contributed by atoms with Crippen molar-refractivity contribution in [1.29, 1.82) is 0 Å². The lowest BCUT2D eigenvalue weighted by molar-refractivity contribution is 0.0967. The molecule has 0 radical (unpaired) electrons. The zero-order chi connectivity index (χ0) is 12.3. The molecule has 0 bridgehead atoms. The van der Waals surface area contributed by atoms with Gasteiger partial charge in [0.2, 0.25) is 0 Å². The van der Waals surface area contributed by atoms with E-state index in [1.54, 1.807) is 12.1 Å². The summed E-state index contributed by atoms with van der Waals surface area (Å²) < 4.78 is 22.6. The molecule has 0 N–H and O–H groups in total. The third-order valence-corrected chi connectivity index (χ3v) is 3.29. The fourth-order valence-corrected chi connectivity index (χ4v) is 2.06. The summed E-state index contributed by atoms with van der Waals surface area (Å²) in [6, 6.07) is 6.20. The second-order valence-corrected chi connectivity index (χ2v) is 6.34. The standard InChI is InChI=1S/C12H16O3S/c1-9(2)7-12(13)10-5-4-6-11(8-10)16(3,14)15/h4-6,8-9H,7H2,1-3H3. The Balaban J connectivity index is 3.04. The van der Waals surface area contributed by atoms with Crippen LogP contribution in [-0.4, -0.2) is 20.5 Å². The van der Waals surface area contributed by atoms with Gasteiger partial charge in [0.1, 0.15) is 0 Å². The van der Waals surface area contributed by atoms with Gasteiger partial charge in [-0.3, -0.25) is 4.79 Å². The zero-order valence-electron chi connectivity index (χ0n) is 9.73. The number of hydrogen-bond donors (Lipinski definition) is 0. The highest BCUT2D eigenvalue weighted by molar-refractivity contribution is 7.90. The highest BCUT2D eigenvalue weighted by Crippen LogP contribution is 2.14. The maximum atomic E-state index is 11.7. The largest absolute Gasteiger partial charge is 0.294 e. The SMILES string of the molecule is CC(C)CC(=O)c1cccc(S(C)(=O)=O)c1. The van der Waals surface area contributed by atoms with Gasteiger partial charge in [-0.15, -0.1) is 0 Å². The molecule has 0 unspecified atom stereocenters. The van der Waals surface area contributed by atoms with Gasteiger partial charge in [-0.25, -0.2) is 8.42 Å². The van der Waals surface area contributed by atoms with Gasteiger partial charge in [-0.2, -0.15) is 0 Å². The van der Waals surface area contributed by atoms with Crippen LogP contribution in [0.4, 0.5) is 0 Å². The third kappa shape index (κ3) is 3.45. The van der Waals surface area contributed by atoms with Crippen LogP contribution >= 0.6 is 0 Å². The van der Waals surface area contributed by atoms with Crippen LogP contribution in [0.3, 0.4) is 0 Å². The van der Waals surface area contributed by atoms with Crippen molar-refractivity contribution in [1.82, 2.24) is 0 Å². The summed E-state index contributed by atoms with van der Waals surface area (Å²) in [7, 11) is -3.24. The third-order valence-electron chi connectivity index (χ3n) is 2.18. The molecular weight excluding hydrogens is 224 g/mol. The number of Topliss-reactive ketones (excluding diaryl/α,β-unsaturated/α-hetero) is 1. The fourth-order valence-electron chi connectivity index (χ4n) is 1.39. The van der Waals surface area contributed by atoms with E-state index in [1.165, 1.54) is 12.1 Å². The van der Waals surface area contributed by atoms with Crippen molar-refractivity contribution in [2.75, 3.05) is 6.26 Å².